The molecule has 6 rings (SSSR count). The lowest BCUT2D eigenvalue weighted by Crippen LogP contribution is -2.41. The molecule has 4 heterocycles. The van der Waals surface area contributed by atoms with Crippen molar-refractivity contribution >= 4 is 85.1 Å². The van der Waals surface area contributed by atoms with E-state index < -0.39 is 30.9 Å². The molecule has 55 heavy (non-hydrogen) atoms. The molecule has 2 atom stereocenters. The molecule has 0 saturated carbocycles. The molecular weight excluding hydrogens is 896 g/mol. The molecule has 2 amide bonds. The van der Waals surface area contributed by atoms with E-state index in [0.717, 1.165) is 30.5 Å². The van der Waals surface area contributed by atoms with Gasteiger partial charge in [0.05, 0.1) is 20.9 Å². The monoisotopic (exact) mass is 938 g/mol. The summed E-state index contributed by atoms with van der Waals surface area (Å²) in [6, 6.07) is 22.4. The number of primary amides is 1. The quantitative estimate of drug-likeness (QED) is 0.138. The maximum atomic E-state index is 12.8. The summed E-state index contributed by atoms with van der Waals surface area (Å²) in [4.78, 5) is 37.7. The number of pyridine rings is 2. The van der Waals surface area contributed by atoms with Gasteiger partial charge in [0.1, 0.15) is 20.8 Å². The van der Waals surface area contributed by atoms with Gasteiger partial charge >= 0.3 is 0 Å². The topological polar surface area (TPSA) is 173 Å². The van der Waals surface area contributed by atoms with Gasteiger partial charge in [-0.1, -0.05) is 50.2 Å². The fourth-order valence-electron chi connectivity index (χ4n) is 6.97. The minimum atomic E-state index is -3.96. The van der Waals surface area contributed by atoms with Gasteiger partial charge in [-0.25, -0.2) is 31.5 Å². The minimum Gasteiger partial charge on any atom is -0.365 e. The van der Waals surface area contributed by atoms with Crippen LogP contribution in [-0.2, 0) is 19.1 Å². The van der Waals surface area contributed by atoms with Crippen molar-refractivity contribution in [1.29, 1.82) is 0 Å². The second-order valence-electron chi connectivity index (χ2n) is 14.8. The maximum Gasteiger partial charge on any atom is 0.268 e. The van der Waals surface area contributed by atoms with Crippen LogP contribution in [0.25, 0.3) is 0 Å². The highest BCUT2D eigenvalue weighted by Crippen LogP contribution is 2.39. The molecule has 2 aliphatic heterocycles. The SMILES string of the molecule is C[C@@H]1CN(c2nc(Br)ccc2C(=O)NS(=O)(=O)c2ccccc2)C(C)(C)C1.C[C@@H]1CN(c2nc(Br)ccc2C(N)=O)C(C)(C)C1.O=S(=O)(Cl)c1ccccc1. The van der Waals surface area contributed by atoms with Crippen molar-refractivity contribution in [3.8, 4) is 0 Å². The van der Waals surface area contributed by atoms with Crippen LogP contribution < -0.4 is 20.3 Å². The van der Waals surface area contributed by atoms with Crippen LogP contribution in [0.4, 0.5) is 11.6 Å². The fraction of sp³-hybridized carbons (Fsp3) is 0.368. The summed E-state index contributed by atoms with van der Waals surface area (Å²) in [6.07, 6.45) is 2.05. The number of amides is 2. The molecule has 3 N–H and O–H groups in total. The molecule has 2 aromatic heterocycles. The average Bonchev–Trinajstić information content (AvgIpc) is 3.55. The zero-order valence-corrected chi connectivity index (χ0v) is 36.9. The number of hydrogen-bond donors (Lipinski definition) is 2. The molecule has 17 heteroatoms. The van der Waals surface area contributed by atoms with E-state index in [1.165, 1.54) is 24.3 Å². The van der Waals surface area contributed by atoms with Crippen molar-refractivity contribution in [2.45, 2.75) is 75.3 Å². The lowest BCUT2D eigenvalue weighted by Gasteiger charge is -2.33. The first-order valence-electron chi connectivity index (χ1n) is 17.3. The summed E-state index contributed by atoms with van der Waals surface area (Å²) in [7, 11) is -2.45. The minimum absolute atomic E-state index is 0.00257. The third-order valence-corrected chi connectivity index (χ3v) is 12.8. The van der Waals surface area contributed by atoms with E-state index in [2.05, 4.69) is 97.9 Å². The number of halogens is 3. The smallest absolute Gasteiger partial charge is 0.268 e. The highest BCUT2D eigenvalue weighted by atomic mass is 79.9. The highest BCUT2D eigenvalue weighted by molar-refractivity contribution is 9.10. The van der Waals surface area contributed by atoms with Crippen molar-refractivity contribution in [2.24, 2.45) is 17.6 Å². The molecule has 2 fully saturated rings. The molecule has 2 aliphatic rings. The van der Waals surface area contributed by atoms with Crippen LogP contribution in [0, 0.1) is 11.8 Å². The van der Waals surface area contributed by atoms with Crippen molar-refractivity contribution < 1.29 is 26.4 Å². The number of rotatable bonds is 7. The number of aromatic nitrogens is 2. The molecule has 0 aliphatic carbocycles. The molecule has 0 bridgehead atoms. The predicted molar refractivity (Wildman–Crippen MR) is 223 cm³/mol. The second-order valence-corrected chi connectivity index (χ2v) is 20.7. The van der Waals surface area contributed by atoms with Gasteiger partial charge in [-0.15, -0.1) is 0 Å². The van der Waals surface area contributed by atoms with E-state index in [1.807, 2.05) is 0 Å². The lowest BCUT2D eigenvalue weighted by atomic mass is 9.97. The Hall–Kier alpha value is -3.57. The summed E-state index contributed by atoms with van der Waals surface area (Å²) in [6.45, 7) is 14.6. The van der Waals surface area contributed by atoms with Crippen LogP contribution in [0.2, 0.25) is 0 Å². The fourth-order valence-corrected chi connectivity index (χ4v) is 9.35. The van der Waals surface area contributed by atoms with Crippen LogP contribution in [-0.4, -0.2) is 62.8 Å². The number of nitrogens with one attached hydrogen (secondary N) is 1. The van der Waals surface area contributed by atoms with Gasteiger partial charge in [-0.2, -0.15) is 0 Å². The second kappa shape index (κ2) is 17.7. The molecule has 296 valence electrons. The predicted octanol–water partition coefficient (Wildman–Crippen LogP) is 7.77. The molecular formula is C38H45Br2ClN6O6S2. The van der Waals surface area contributed by atoms with Crippen molar-refractivity contribution in [3.63, 3.8) is 0 Å². The average molecular weight is 941 g/mol. The zero-order valence-electron chi connectivity index (χ0n) is 31.3. The van der Waals surface area contributed by atoms with E-state index in [1.54, 1.807) is 60.7 Å². The van der Waals surface area contributed by atoms with E-state index in [4.69, 9.17) is 16.4 Å². The van der Waals surface area contributed by atoms with Crippen molar-refractivity contribution in [1.82, 2.24) is 14.7 Å². The summed E-state index contributed by atoms with van der Waals surface area (Å²) in [5, 5.41) is 0. The van der Waals surface area contributed by atoms with Gasteiger partial charge < -0.3 is 15.5 Å². The third kappa shape index (κ3) is 11.5. The Balaban J connectivity index is 0.000000205. The maximum absolute atomic E-state index is 12.8. The van der Waals surface area contributed by atoms with E-state index in [-0.39, 0.29) is 26.4 Å². The number of nitrogens with two attached hydrogens (primary N) is 1. The Labute approximate surface area is 345 Å². The molecule has 2 saturated heterocycles. The molecule has 4 aromatic rings. The largest absolute Gasteiger partial charge is 0.365 e. The van der Waals surface area contributed by atoms with E-state index >= 15 is 0 Å². The van der Waals surface area contributed by atoms with Gasteiger partial charge in [0.2, 0.25) is 0 Å². The first kappa shape index (κ1) is 44.1. The third-order valence-electron chi connectivity index (χ3n) is 9.15. The summed E-state index contributed by atoms with van der Waals surface area (Å²) in [5.74, 6) is 1.08. The molecule has 0 radical (unpaired) electrons. The number of carbonyl (C=O) groups excluding carboxylic acids is 2. The molecule has 0 unspecified atom stereocenters. The summed E-state index contributed by atoms with van der Waals surface area (Å²) >= 11 is 6.71. The number of hydrogen-bond acceptors (Lipinski definition) is 10. The van der Waals surface area contributed by atoms with Gasteiger partial charge in [0.15, 0.2) is 0 Å². The highest BCUT2D eigenvalue weighted by Gasteiger charge is 2.40. The first-order chi connectivity index (χ1) is 25.5. The van der Waals surface area contributed by atoms with Crippen LogP contribution >= 0.6 is 42.5 Å². The van der Waals surface area contributed by atoms with Gasteiger partial charge in [-0.3, -0.25) is 9.59 Å². The zero-order chi connectivity index (χ0) is 40.9. The standard InChI is InChI=1S/C19H22BrN3O3S.C13H18BrN3O.C6H5ClO2S/c1-13-11-19(2,3)23(12-13)17-15(9-10-16(20)21-17)18(24)22-27(25,26)14-7-5-4-6-8-14;1-8-6-13(2,3)17(7-8)12-9(11(15)18)4-5-10(14)16-12;7-10(8,9)6-4-2-1-3-5-6/h4-10,13H,11-12H2,1-3H3,(H,22,24);4-5,8H,6-7H2,1-3H3,(H2,15,18);1-5H/t13-;8-;/m00./s1. The number of carbonyl (C=O) groups is 2. The van der Waals surface area contributed by atoms with Crippen LogP contribution in [0.5, 0.6) is 0 Å². The molecule has 0 spiro atoms. The van der Waals surface area contributed by atoms with E-state index in [0.29, 0.717) is 33.6 Å². The van der Waals surface area contributed by atoms with Gasteiger partial charge in [-0.05, 0) is 133 Å². The summed E-state index contributed by atoms with van der Waals surface area (Å²) < 4.78 is 49.7. The first-order valence-corrected chi connectivity index (χ1v) is 22.7. The Bertz CT molecular complexity index is 2230. The number of anilines is 2. The Kier molecular flexibility index (Phi) is 14.2. The number of nitrogens with zero attached hydrogens (tertiary/aromatic N) is 4. The molecule has 2 aromatic carbocycles. The lowest BCUT2D eigenvalue weighted by molar-refractivity contribution is 0.0978. The Morgan fingerprint density at radius 3 is 1.47 bits per heavy atom. The van der Waals surface area contributed by atoms with Crippen molar-refractivity contribution in [3.05, 3.63) is 105 Å². The van der Waals surface area contributed by atoms with Crippen LogP contribution in [0.3, 0.4) is 0 Å². The van der Waals surface area contributed by atoms with E-state index in [9.17, 15) is 26.4 Å². The Morgan fingerprint density at radius 1 is 0.709 bits per heavy atom. The summed E-state index contributed by atoms with van der Waals surface area (Å²) in [5.41, 5.74) is 5.97. The number of sulfonamides is 1. The van der Waals surface area contributed by atoms with Gasteiger partial charge in [0, 0.05) is 34.8 Å². The van der Waals surface area contributed by atoms with Crippen molar-refractivity contribution in [2.75, 3.05) is 22.9 Å². The normalized spacial score (nSPS) is 18.7. The Morgan fingerprint density at radius 2 is 1.11 bits per heavy atom. The van der Waals surface area contributed by atoms with Crippen LogP contribution in [0.1, 0.15) is 75.1 Å². The molecule has 12 nitrogen and oxygen atoms in total. The van der Waals surface area contributed by atoms with Gasteiger partial charge in [0.25, 0.3) is 30.9 Å². The van der Waals surface area contributed by atoms with Crippen LogP contribution in [0.15, 0.2) is 104 Å². The number of benzene rings is 2.